The van der Waals surface area contributed by atoms with E-state index in [4.69, 9.17) is 5.73 Å². The molecule has 3 N–H and O–H groups in total. The van der Waals surface area contributed by atoms with Gasteiger partial charge in [0.2, 0.25) is 5.91 Å². The molecule has 1 aliphatic rings. The van der Waals surface area contributed by atoms with Crippen molar-refractivity contribution >= 4 is 11.6 Å². The van der Waals surface area contributed by atoms with Crippen molar-refractivity contribution in [2.75, 3.05) is 18.0 Å². The fraction of sp³-hybridized carbons (Fsp3) is 0.533. The van der Waals surface area contributed by atoms with Crippen LogP contribution in [-0.4, -0.2) is 25.0 Å². The lowest BCUT2D eigenvalue weighted by Gasteiger charge is -2.36. The lowest BCUT2D eigenvalue weighted by atomic mass is 9.99. The molecule has 0 radical (unpaired) electrons. The van der Waals surface area contributed by atoms with Gasteiger partial charge in [-0.15, -0.1) is 0 Å². The van der Waals surface area contributed by atoms with E-state index in [1.807, 2.05) is 11.8 Å². The molecule has 1 aliphatic heterocycles. The zero-order valence-electron chi connectivity index (χ0n) is 11.9. The first kappa shape index (κ1) is 14.8. The minimum Gasteiger partial charge on any atom is -0.368 e. The van der Waals surface area contributed by atoms with Crippen LogP contribution in [0.5, 0.6) is 0 Å². The third kappa shape index (κ3) is 3.28. The van der Waals surface area contributed by atoms with Crippen LogP contribution in [0.1, 0.15) is 31.7 Å². The Kier molecular flexibility index (Phi) is 4.95. The van der Waals surface area contributed by atoms with Crippen LogP contribution in [0.2, 0.25) is 0 Å². The Morgan fingerprint density at radius 2 is 2.30 bits per heavy atom. The molecular weight excluding hydrogens is 257 g/mol. The maximum atomic E-state index is 13.5. The summed E-state index contributed by atoms with van der Waals surface area (Å²) in [6, 6.07) is 4.44. The van der Waals surface area contributed by atoms with Crippen molar-refractivity contribution in [2.45, 2.75) is 38.8 Å². The predicted octanol–water partition coefficient (Wildman–Crippen LogP) is 1.78. The largest absolute Gasteiger partial charge is 0.368 e. The van der Waals surface area contributed by atoms with Crippen LogP contribution in [0.3, 0.4) is 0 Å². The van der Waals surface area contributed by atoms with E-state index in [1.165, 1.54) is 12.1 Å². The molecule has 0 aliphatic carbocycles. The van der Waals surface area contributed by atoms with Crippen LogP contribution in [-0.2, 0) is 11.3 Å². The van der Waals surface area contributed by atoms with Crippen molar-refractivity contribution in [1.82, 2.24) is 5.32 Å². The molecule has 110 valence electrons. The standard InChI is InChI=1S/C15H22FN3O/c1-2-18-10-11-9-12(16)6-7-13(11)19-8-4-3-5-14(19)15(17)20/h6-7,9,14,18H,2-5,8,10H2,1H3,(H2,17,20). The Balaban J connectivity index is 2.31. The van der Waals surface area contributed by atoms with E-state index in [9.17, 15) is 9.18 Å². The molecule has 1 unspecified atom stereocenters. The highest BCUT2D eigenvalue weighted by Gasteiger charge is 2.28. The first-order valence-corrected chi connectivity index (χ1v) is 7.18. The highest BCUT2D eigenvalue weighted by Crippen LogP contribution is 2.28. The van der Waals surface area contributed by atoms with Crippen LogP contribution < -0.4 is 16.0 Å². The molecule has 0 aromatic heterocycles. The normalized spacial score (nSPS) is 19.1. The molecule has 2 rings (SSSR count). The van der Waals surface area contributed by atoms with E-state index in [1.54, 1.807) is 6.07 Å². The number of halogens is 1. The van der Waals surface area contributed by atoms with Crippen molar-refractivity contribution < 1.29 is 9.18 Å². The molecule has 1 aromatic rings. The molecular formula is C15H22FN3O. The van der Waals surface area contributed by atoms with Crippen molar-refractivity contribution in [3.05, 3.63) is 29.6 Å². The summed E-state index contributed by atoms with van der Waals surface area (Å²) in [7, 11) is 0. The number of nitrogens with two attached hydrogens (primary N) is 1. The lowest BCUT2D eigenvalue weighted by molar-refractivity contribution is -0.119. The summed E-state index contributed by atoms with van der Waals surface area (Å²) in [5.74, 6) is -0.558. The van der Waals surface area contributed by atoms with Gasteiger partial charge in [-0.3, -0.25) is 4.79 Å². The number of piperidine rings is 1. The molecule has 1 heterocycles. The van der Waals surface area contributed by atoms with Gasteiger partial charge in [0.05, 0.1) is 0 Å². The van der Waals surface area contributed by atoms with E-state index in [2.05, 4.69) is 5.32 Å². The number of nitrogens with zero attached hydrogens (tertiary/aromatic N) is 1. The number of hydrogen-bond acceptors (Lipinski definition) is 3. The Bertz CT molecular complexity index is 478. The highest BCUT2D eigenvalue weighted by atomic mass is 19.1. The van der Waals surface area contributed by atoms with Gasteiger partial charge in [-0.05, 0) is 49.6 Å². The minimum atomic E-state index is -0.302. The van der Waals surface area contributed by atoms with E-state index >= 15 is 0 Å². The van der Waals surface area contributed by atoms with Gasteiger partial charge in [0, 0.05) is 18.8 Å². The maximum absolute atomic E-state index is 13.5. The SMILES string of the molecule is CCNCc1cc(F)ccc1N1CCCCC1C(N)=O. The Labute approximate surface area is 119 Å². The van der Waals surface area contributed by atoms with Gasteiger partial charge in [-0.2, -0.15) is 0 Å². The summed E-state index contributed by atoms with van der Waals surface area (Å²) in [4.78, 5) is 13.6. The van der Waals surface area contributed by atoms with Gasteiger partial charge >= 0.3 is 0 Å². The molecule has 4 nitrogen and oxygen atoms in total. The quantitative estimate of drug-likeness (QED) is 0.864. The van der Waals surface area contributed by atoms with Crippen LogP contribution in [0, 0.1) is 5.82 Å². The molecule has 1 aromatic carbocycles. The number of rotatable bonds is 5. The number of carbonyl (C=O) groups is 1. The molecule has 1 atom stereocenters. The van der Waals surface area contributed by atoms with Gasteiger partial charge in [-0.25, -0.2) is 4.39 Å². The van der Waals surface area contributed by atoms with Crippen LogP contribution in [0.4, 0.5) is 10.1 Å². The second kappa shape index (κ2) is 6.70. The molecule has 0 saturated carbocycles. The van der Waals surface area contributed by atoms with E-state index in [0.29, 0.717) is 6.54 Å². The average molecular weight is 279 g/mol. The van der Waals surface area contributed by atoms with Gasteiger partial charge in [0.1, 0.15) is 11.9 Å². The van der Waals surface area contributed by atoms with E-state index in [0.717, 1.165) is 43.6 Å². The van der Waals surface area contributed by atoms with Crippen LogP contribution >= 0.6 is 0 Å². The first-order valence-electron chi connectivity index (χ1n) is 7.18. The monoisotopic (exact) mass is 279 g/mol. The van der Waals surface area contributed by atoms with Gasteiger partial charge in [0.25, 0.3) is 0 Å². The average Bonchev–Trinajstić information content (AvgIpc) is 2.45. The summed E-state index contributed by atoms with van der Waals surface area (Å²) in [6.45, 7) is 4.20. The van der Waals surface area contributed by atoms with Crippen molar-refractivity contribution in [2.24, 2.45) is 5.73 Å². The summed E-state index contributed by atoms with van der Waals surface area (Å²) in [5.41, 5.74) is 7.29. The molecule has 1 fully saturated rings. The van der Waals surface area contributed by atoms with Crippen molar-refractivity contribution in [3.63, 3.8) is 0 Å². The van der Waals surface area contributed by atoms with Crippen molar-refractivity contribution in [3.8, 4) is 0 Å². The van der Waals surface area contributed by atoms with Gasteiger partial charge in [0.15, 0.2) is 0 Å². The fourth-order valence-corrected chi connectivity index (χ4v) is 2.75. The summed E-state index contributed by atoms with van der Waals surface area (Å²) >= 11 is 0. The lowest BCUT2D eigenvalue weighted by Crippen LogP contribution is -2.48. The molecule has 5 heteroatoms. The smallest absolute Gasteiger partial charge is 0.240 e. The van der Waals surface area contributed by atoms with Crippen molar-refractivity contribution in [1.29, 1.82) is 0 Å². The molecule has 0 spiro atoms. The highest BCUT2D eigenvalue weighted by molar-refractivity contribution is 5.84. The maximum Gasteiger partial charge on any atom is 0.240 e. The number of primary amides is 1. The summed E-state index contributed by atoms with van der Waals surface area (Å²) < 4.78 is 13.5. The second-order valence-electron chi connectivity index (χ2n) is 5.16. The van der Waals surface area contributed by atoms with E-state index in [-0.39, 0.29) is 17.8 Å². The Morgan fingerprint density at radius 1 is 1.50 bits per heavy atom. The van der Waals surface area contributed by atoms with Gasteiger partial charge in [-0.1, -0.05) is 6.92 Å². The van der Waals surface area contributed by atoms with E-state index < -0.39 is 0 Å². The van der Waals surface area contributed by atoms with Crippen LogP contribution in [0.15, 0.2) is 18.2 Å². The number of nitrogens with one attached hydrogen (secondary N) is 1. The number of carbonyl (C=O) groups excluding carboxylic acids is 1. The number of amides is 1. The zero-order valence-corrected chi connectivity index (χ0v) is 11.9. The number of hydrogen-bond donors (Lipinski definition) is 2. The van der Waals surface area contributed by atoms with Gasteiger partial charge < -0.3 is 16.0 Å². The topological polar surface area (TPSA) is 58.4 Å². The van der Waals surface area contributed by atoms with Crippen LogP contribution in [0.25, 0.3) is 0 Å². The third-order valence-electron chi connectivity index (χ3n) is 3.75. The molecule has 1 saturated heterocycles. The first-order chi connectivity index (χ1) is 9.63. The Hall–Kier alpha value is -1.62. The molecule has 20 heavy (non-hydrogen) atoms. The Morgan fingerprint density at radius 3 is 3.00 bits per heavy atom. The molecule has 0 bridgehead atoms. The third-order valence-corrected chi connectivity index (χ3v) is 3.75. The second-order valence-corrected chi connectivity index (χ2v) is 5.16. The summed E-state index contributed by atoms with van der Waals surface area (Å²) in [5, 5.41) is 3.21. The minimum absolute atomic E-state index is 0.255. The number of anilines is 1. The summed E-state index contributed by atoms with van der Waals surface area (Å²) in [6.07, 6.45) is 2.81. The zero-order chi connectivity index (χ0) is 14.5. The number of benzene rings is 1. The molecule has 1 amide bonds. The predicted molar refractivity (Wildman–Crippen MR) is 78.0 cm³/mol. The fourth-order valence-electron chi connectivity index (χ4n) is 2.75.